The fourth-order valence-corrected chi connectivity index (χ4v) is 3.11. The van der Waals surface area contributed by atoms with Gasteiger partial charge in [0.1, 0.15) is 5.82 Å². The minimum atomic E-state index is -0.348. The van der Waals surface area contributed by atoms with E-state index in [0.29, 0.717) is 0 Å². The molecular formula is C16H23ClFN. The van der Waals surface area contributed by atoms with Crippen molar-refractivity contribution in [1.29, 1.82) is 0 Å². The number of hydrogen-bond acceptors (Lipinski definition) is 1. The molecule has 3 heteroatoms. The van der Waals surface area contributed by atoms with Crippen LogP contribution < -0.4 is 5.73 Å². The number of rotatable bonds is 5. The number of nitrogens with two attached hydrogens (primary N) is 1. The van der Waals surface area contributed by atoms with E-state index in [9.17, 15) is 4.39 Å². The van der Waals surface area contributed by atoms with E-state index in [1.54, 1.807) is 6.07 Å². The zero-order valence-corrected chi connectivity index (χ0v) is 12.1. The summed E-state index contributed by atoms with van der Waals surface area (Å²) in [7, 11) is 0. The maximum absolute atomic E-state index is 13.3. The van der Waals surface area contributed by atoms with E-state index >= 15 is 0 Å². The van der Waals surface area contributed by atoms with Crippen LogP contribution in [0.25, 0.3) is 0 Å². The lowest BCUT2D eigenvalue weighted by Crippen LogP contribution is -2.24. The van der Waals surface area contributed by atoms with Gasteiger partial charge >= 0.3 is 0 Å². The minimum absolute atomic E-state index is 0.127. The van der Waals surface area contributed by atoms with Gasteiger partial charge in [-0.2, -0.15) is 0 Å². The molecule has 2 N–H and O–H groups in total. The zero-order valence-electron chi connectivity index (χ0n) is 11.4. The second kappa shape index (κ2) is 7.25. The molecule has 0 aromatic heterocycles. The van der Waals surface area contributed by atoms with E-state index in [4.69, 9.17) is 17.3 Å². The molecule has 0 saturated heterocycles. The number of hydrogen-bond donors (Lipinski definition) is 1. The first-order valence-corrected chi connectivity index (χ1v) is 7.72. The van der Waals surface area contributed by atoms with Gasteiger partial charge in [0.25, 0.3) is 0 Å². The highest BCUT2D eigenvalue weighted by Gasteiger charge is 2.15. The molecule has 1 unspecified atom stereocenters. The molecule has 0 heterocycles. The van der Waals surface area contributed by atoms with Crippen molar-refractivity contribution in [2.24, 2.45) is 11.7 Å². The quantitative estimate of drug-likeness (QED) is 0.832. The first-order valence-electron chi connectivity index (χ1n) is 7.34. The Bertz CT molecular complexity index is 402. The van der Waals surface area contributed by atoms with Gasteiger partial charge in [-0.05, 0) is 42.9 Å². The predicted molar refractivity (Wildman–Crippen MR) is 78.9 cm³/mol. The molecule has 1 atom stereocenters. The van der Waals surface area contributed by atoms with Gasteiger partial charge in [0.2, 0.25) is 0 Å². The summed E-state index contributed by atoms with van der Waals surface area (Å²) in [5.41, 5.74) is 7.10. The van der Waals surface area contributed by atoms with Gasteiger partial charge in [-0.3, -0.25) is 0 Å². The van der Waals surface area contributed by atoms with Crippen LogP contribution in [-0.2, 0) is 6.42 Å². The van der Waals surface area contributed by atoms with Gasteiger partial charge in [0, 0.05) is 6.04 Å². The molecule has 19 heavy (non-hydrogen) atoms. The van der Waals surface area contributed by atoms with Crippen LogP contribution in [0.2, 0.25) is 5.02 Å². The fraction of sp³-hybridized carbons (Fsp3) is 0.625. The van der Waals surface area contributed by atoms with Crippen LogP contribution in [0.4, 0.5) is 4.39 Å². The molecule has 106 valence electrons. The van der Waals surface area contributed by atoms with Crippen molar-refractivity contribution in [3.63, 3.8) is 0 Å². The van der Waals surface area contributed by atoms with Crippen LogP contribution in [0.1, 0.15) is 50.5 Å². The molecular weight excluding hydrogens is 261 g/mol. The highest BCUT2D eigenvalue weighted by Crippen LogP contribution is 2.28. The third-order valence-electron chi connectivity index (χ3n) is 4.15. The minimum Gasteiger partial charge on any atom is -0.327 e. The van der Waals surface area contributed by atoms with Crippen molar-refractivity contribution in [2.75, 3.05) is 0 Å². The lowest BCUT2D eigenvalue weighted by molar-refractivity contribution is 0.323. The lowest BCUT2D eigenvalue weighted by atomic mass is 9.85. The molecule has 0 spiro atoms. The Morgan fingerprint density at radius 2 is 2.00 bits per heavy atom. The summed E-state index contributed by atoms with van der Waals surface area (Å²) >= 11 is 5.67. The Hall–Kier alpha value is -0.600. The third kappa shape index (κ3) is 4.77. The van der Waals surface area contributed by atoms with Crippen molar-refractivity contribution in [3.05, 3.63) is 34.6 Å². The molecule has 1 saturated carbocycles. The Morgan fingerprint density at radius 3 is 2.68 bits per heavy atom. The summed E-state index contributed by atoms with van der Waals surface area (Å²) in [6, 6.07) is 5.11. The van der Waals surface area contributed by atoms with Gasteiger partial charge in [-0.25, -0.2) is 4.39 Å². The maximum Gasteiger partial charge on any atom is 0.142 e. The van der Waals surface area contributed by atoms with E-state index in [-0.39, 0.29) is 16.9 Å². The molecule has 1 aromatic rings. The van der Waals surface area contributed by atoms with Crippen LogP contribution in [0.5, 0.6) is 0 Å². The topological polar surface area (TPSA) is 26.0 Å². The SMILES string of the molecule is NC(CCC1CCCCC1)Cc1ccc(Cl)c(F)c1. The van der Waals surface area contributed by atoms with Crippen LogP contribution >= 0.6 is 11.6 Å². The second-order valence-corrected chi connectivity index (χ2v) is 6.20. The highest BCUT2D eigenvalue weighted by molar-refractivity contribution is 6.30. The summed E-state index contributed by atoms with van der Waals surface area (Å²) in [5.74, 6) is 0.514. The smallest absolute Gasteiger partial charge is 0.142 e. The summed E-state index contributed by atoms with van der Waals surface area (Å²) in [6.07, 6.45) is 9.87. The van der Waals surface area contributed by atoms with Gasteiger partial charge in [-0.15, -0.1) is 0 Å². The molecule has 1 fully saturated rings. The lowest BCUT2D eigenvalue weighted by Gasteiger charge is -2.23. The van der Waals surface area contributed by atoms with E-state index in [1.807, 2.05) is 6.07 Å². The van der Waals surface area contributed by atoms with Crippen molar-refractivity contribution in [2.45, 2.75) is 57.4 Å². The number of benzene rings is 1. The standard InChI is InChI=1S/C16H23ClFN/c17-15-9-7-13(11-16(15)18)10-14(19)8-6-12-4-2-1-3-5-12/h7,9,11-12,14H,1-6,8,10,19H2. The molecule has 1 aliphatic carbocycles. The van der Waals surface area contributed by atoms with Crippen molar-refractivity contribution in [3.8, 4) is 0 Å². The second-order valence-electron chi connectivity index (χ2n) is 5.79. The van der Waals surface area contributed by atoms with Crippen LogP contribution in [0, 0.1) is 11.7 Å². The Kier molecular flexibility index (Phi) is 5.65. The molecule has 1 nitrogen and oxygen atoms in total. The maximum atomic E-state index is 13.3. The monoisotopic (exact) mass is 283 g/mol. The Balaban J connectivity index is 1.76. The predicted octanol–water partition coefficient (Wildman–Crippen LogP) is 4.71. The average Bonchev–Trinajstić information content (AvgIpc) is 2.42. The van der Waals surface area contributed by atoms with Crippen molar-refractivity contribution in [1.82, 2.24) is 0 Å². The first kappa shape index (κ1) is 14.8. The molecule has 2 rings (SSSR count). The van der Waals surface area contributed by atoms with E-state index < -0.39 is 0 Å². The summed E-state index contributed by atoms with van der Waals surface area (Å²) in [5, 5.41) is 0.180. The summed E-state index contributed by atoms with van der Waals surface area (Å²) < 4.78 is 13.3. The van der Waals surface area contributed by atoms with E-state index in [1.165, 1.54) is 44.6 Å². The molecule has 1 aromatic carbocycles. The molecule has 0 aliphatic heterocycles. The molecule has 0 radical (unpaired) electrons. The Labute approximate surface area is 120 Å². The number of halogens is 2. The van der Waals surface area contributed by atoms with Crippen LogP contribution in [0.15, 0.2) is 18.2 Å². The van der Waals surface area contributed by atoms with Crippen molar-refractivity contribution >= 4 is 11.6 Å². The largest absolute Gasteiger partial charge is 0.327 e. The van der Waals surface area contributed by atoms with E-state index in [2.05, 4.69) is 0 Å². The van der Waals surface area contributed by atoms with Crippen LogP contribution in [-0.4, -0.2) is 6.04 Å². The van der Waals surface area contributed by atoms with Gasteiger partial charge in [0.15, 0.2) is 0 Å². The fourth-order valence-electron chi connectivity index (χ4n) is 3.00. The van der Waals surface area contributed by atoms with Crippen LogP contribution in [0.3, 0.4) is 0 Å². The van der Waals surface area contributed by atoms with Gasteiger partial charge in [-0.1, -0.05) is 49.8 Å². The zero-order chi connectivity index (χ0) is 13.7. The third-order valence-corrected chi connectivity index (χ3v) is 4.46. The molecule has 0 bridgehead atoms. The van der Waals surface area contributed by atoms with E-state index in [0.717, 1.165) is 24.3 Å². The highest BCUT2D eigenvalue weighted by atomic mass is 35.5. The average molecular weight is 284 g/mol. The normalized spacial score (nSPS) is 18.5. The Morgan fingerprint density at radius 1 is 1.26 bits per heavy atom. The molecule has 0 amide bonds. The summed E-state index contributed by atoms with van der Waals surface area (Å²) in [4.78, 5) is 0. The molecule has 1 aliphatic rings. The van der Waals surface area contributed by atoms with Crippen molar-refractivity contribution < 1.29 is 4.39 Å². The van der Waals surface area contributed by atoms with Gasteiger partial charge in [0.05, 0.1) is 5.02 Å². The first-order chi connectivity index (χ1) is 9.15. The summed E-state index contributed by atoms with van der Waals surface area (Å²) in [6.45, 7) is 0. The van der Waals surface area contributed by atoms with Gasteiger partial charge < -0.3 is 5.73 Å².